The number of hydrogen-bond donors (Lipinski definition) is 0. The third-order valence-electron chi connectivity index (χ3n) is 7.61. The highest BCUT2D eigenvalue weighted by molar-refractivity contribution is 6.30. The maximum Gasteiger partial charge on any atom is 0.260 e. The standard InChI is InChI=1S/C31H31ClN5O/c1-34-13-15-35(16-14-34)31(38)29-21-37(2,20-28(29)27-12-6-9-24-8-3-4-11-26(24)27)30-18-33-22-36(30)19-23-7-5-10-25(32)17-23/h3-12,17-18,20-22H,13-16,19H2,1-2H3/q+1. The summed E-state index contributed by atoms with van der Waals surface area (Å²) < 4.78 is 2.47. The molecule has 3 aromatic carbocycles. The molecular weight excluding hydrogens is 494 g/mol. The Labute approximate surface area is 228 Å². The van der Waals surface area contributed by atoms with Gasteiger partial charge in [-0.25, -0.2) is 9.47 Å². The quantitative estimate of drug-likeness (QED) is 0.329. The second kappa shape index (κ2) is 9.87. The first kappa shape index (κ1) is 24.6. The van der Waals surface area contributed by atoms with Crippen molar-refractivity contribution in [1.82, 2.24) is 23.8 Å². The zero-order valence-electron chi connectivity index (χ0n) is 21.7. The first-order valence-corrected chi connectivity index (χ1v) is 13.3. The fourth-order valence-electron chi connectivity index (χ4n) is 5.54. The minimum Gasteiger partial charge on any atom is -0.336 e. The molecule has 2 aliphatic rings. The van der Waals surface area contributed by atoms with Crippen molar-refractivity contribution in [3.63, 3.8) is 0 Å². The smallest absolute Gasteiger partial charge is 0.260 e. The summed E-state index contributed by atoms with van der Waals surface area (Å²) >= 11 is 6.26. The number of quaternary nitrogens is 1. The van der Waals surface area contributed by atoms with E-state index in [4.69, 9.17) is 11.6 Å². The average molecular weight is 525 g/mol. The largest absolute Gasteiger partial charge is 0.336 e. The van der Waals surface area contributed by atoms with Gasteiger partial charge in [0, 0.05) is 31.2 Å². The van der Waals surface area contributed by atoms with Crippen molar-refractivity contribution >= 4 is 39.7 Å². The Morgan fingerprint density at radius 2 is 1.74 bits per heavy atom. The zero-order chi connectivity index (χ0) is 26.3. The molecule has 1 atom stereocenters. The number of halogens is 1. The molecule has 0 aliphatic carbocycles. The summed E-state index contributed by atoms with van der Waals surface area (Å²) in [5, 5.41) is 3.01. The Kier molecular flexibility index (Phi) is 6.40. The predicted octanol–water partition coefficient (Wildman–Crippen LogP) is 5.39. The van der Waals surface area contributed by atoms with Crippen LogP contribution in [-0.4, -0.2) is 65.5 Å². The third-order valence-corrected chi connectivity index (χ3v) is 7.85. The lowest BCUT2D eigenvalue weighted by atomic mass is 9.94. The molecule has 0 radical (unpaired) electrons. The first-order chi connectivity index (χ1) is 18.4. The van der Waals surface area contributed by atoms with Gasteiger partial charge >= 0.3 is 0 Å². The van der Waals surface area contributed by atoms with Crippen molar-refractivity contribution in [1.29, 1.82) is 0 Å². The van der Waals surface area contributed by atoms with Gasteiger partial charge in [-0.3, -0.25) is 9.36 Å². The molecule has 1 saturated heterocycles. The van der Waals surface area contributed by atoms with E-state index < -0.39 is 0 Å². The predicted molar refractivity (Wildman–Crippen MR) is 155 cm³/mol. The van der Waals surface area contributed by atoms with Crippen molar-refractivity contribution in [3.05, 3.63) is 113 Å². The van der Waals surface area contributed by atoms with E-state index in [0.717, 1.165) is 65.0 Å². The van der Waals surface area contributed by atoms with Crippen molar-refractivity contribution in [2.24, 2.45) is 0 Å². The summed E-state index contributed by atoms with van der Waals surface area (Å²) in [4.78, 5) is 22.8. The van der Waals surface area contributed by atoms with E-state index in [1.54, 1.807) is 0 Å². The van der Waals surface area contributed by atoms with Gasteiger partial charge in [0.1, 0.15) is 24.2 Å². The molecule has 4 aromatic rings. The molecule has 1 fully saturated rings. The van der Waals surface area contributed by atoms with Crippen molar-refractivity contribution < 1.29 is 4.79 Å². The minimum atomic E-state index is 0.0834. The van der Waals surface area contributed by atoms with Crippen LogP contribution in [0.4, 0.5) is 5.82 Å². The number of piperazine rings is 1. The lowest BCUT2D eigenvalue weighted by molar-refractivity contribution is -0.128. The molecule has 2 aliphatic heterocycles. The molecule has 1 amide bonds. The molecule has 192 valence electrons. The van der Waals surface area contributed by atoms with Crippen LogP contribution in [0.15, 0.2) is 97.2 Å². The number of amides is 1. The average Bonchev–Trinajstić information content (AvgIpc) is 3.54. The maximum absolute atomic E-state index is 14.0. The van der Waals surface area contributed by atoms with Crippen LogP contribution < -0.4 is 4.48 Å². The Hall–Kier alpha value is -3.71. The van der Waals surface area contributed by atoms with Gasteiger partial charge in [0.2, 0.25) is 5.82 Å². The third kappa shape index (κ3) is 4.56. The molecule has 0 saturated carbocycles. The summed E-state index contributed by atoms with van der Waals surface area (Å²) in [6, 6.07) is 22.6. The number of hydrogen-bond acceptors (Lipinski definition) is 3. The molecule has 0 N–H and O–H groups in total. The van der Waals surface area contributed by atoms with Crippen molar-refractivity contribution in [3.8, 4) is 0 Å². The highest BCUT2D eigenvalue weighted by Crippen LogP contribution is 2.40. The van der Waals surface area contributed by atoms with Crippen LogP contribution in [0, 0.1) is 0 Å². The highest BCUT2D eigenvalue weighted by Gasteiger charge is 2.39. The van der Waals surface area contributed by atoms with E-state index >= 15 is 0 Å². The monoisotopic (exact) mass is 524 g/mol. The molecule has 38 heavy (non-hydrogen) atoms. The van der Waals surface area contributed by atoms with Crippen LogP contribution in [-0.2, 0) is 11.3 Å². The van der Waals surface area contributed by atoms with Crippen LogP contribution in [0.25, 0.3) is 16.3 Å². The number of imidazole rings is 1. The number of carbonyl (C=O) groups excluding carboxylic acids is 1. The van der Waals surface area contributed by atoms with E-state index in [2.05, 4.69) is 89.5 Å². The van der Waals surface area contributed by atoms with Crippen LogP contribution in [0.5, 0.6) is 0 Å². The number of fused-ring (bicyclic) bond motifs is 1. The molecule has 0 bridgehead atoms. The van der Waals surface area contributed by atoms with Crippen LogP contribution in [0.2, 0.25) is 5.02 Å². The lowest BCUT2D eigenvalue weighted by Crippen LogP contribution is -2.47. The maximum atomic E-state index is 14.0. The van der Waals surface area contributed by atoms with Crippen molar-refractivity contribution in [2.45, 2.75) is 6.54 Å². The Morgan fingerprint density at radius 3 is 2.55 bits per heavy atom. The molecule has 1 unspecified atom stereocenters. The fraction of sp³-hybridized carbons (Fsp3) is 0.226. The second-order valence-corrected chi connectivity index (χ2v) is 10.8. The molecule has 7 heteroatoms. The highest BCUT2D eigenvalue weighted by atomic mass is 35.5. The Bertz CT molecular complexity index is 1570. The second-order valence-electron chi connectivity index (χ2n) is 10.4. The van der Waals surface area contributed by atoms with Crippen LogP contribution in [0.1, 0.15) is 11.1 Å². The summed E-state index contributed by atoms with van der Waals surface area (Å²) in [6.07, 6.45) is 8.01. The summed E-state index contributed by atoms with van der Waals surface area (Å²) in [6.45, 7) is 3.85. The number of nitrogens with zero attached hydrogens (tertiary/aromatic N) is 5. The molecule has 6 rings (SSSR count). The first-order valence-electron chi connectivity index (χ1n) is 12.9. The number of aromatic nitrogens is 2. The lowest BCUT2D eigenvalue weighted by Gasteiger charge is -2.32. The van der Waals surface area contributed by atoms with Crippen molar-refractivity contribution in [2.75, 3.05) is 40.3 Å². The molecule has 1 aromatic heterocycles. The summed E-state index contributed by atoms with van der Waals surface area (Å²) in [5.41, 5.74) is 3.87. The molecule has 6 nitrogen and oxygen atoms in total. The molecular formula is C31H31ClN5O+. The van der Waals surface area contributed by atoms with Gasteiger partial charge in [0.25, 0.3) is 5.91 Å². The topological polar surface area (TPSA) is 41.4 Å². The van der Waals surface area contributed by atoms with Gasteiger partial charge in [0.05, 0.1) is 25.5 Å². The SMILES string of the molecule is CN1CCN(C(=O)C2=C[N+](C)(c3cncn3Cc3cccc(Cl)c3)C=C2c2cccc3ccccc23)CC1. The summed E-state index contributed by atoms with van der Waals surface area (Å²) in [7, 11) is 4.22. The van der Waals surface area contributed by atoms with Gasteiger partial charge in [-0.05, 0) is 41.1 Å². The van der Waals surface area contributed by atoms with Gasteiger partial charge in [-0.15, -0.1) is 0 Å². The number of rotatable bonds is 5. The minimum absolute atomic E-state index is 0.0834. The van der Waals surface area contributed by atoms with Gasteiger partial charge < -0.3 is 9.80 Å². The van der Waals surface area contributed by atoms with E-state index in [1.165, 1.54) is 0 Å². The van der Waals surface area contributed by atoms with E-state index in [-0.39, 0.29) is 5.91 Å². The Balaban J connectivity index is 1.45. The summed E-state index contributed by atoms with van der Waals surface area (Å²) in [5.74, 6) is 1.06. The molecule has 3 heterocycles. The van der Waals surface area contributed by atoms with E-state index in [1.807, 2.05) is 35.6 Å². The molecule has 0 spiro atoms. The zero-order valence-corrected chi connectivity index (χ0v) is 22.5. The number of likely N-dealkylation sites (N-methyl/N-ethyl adjacent to an activating group) is 1. The Morgan fingerprint density at radius 1 is 0.974 bits per heavy atom. The fourth-order valence-corrected chi connectivity index (χ4v) is 5.75. The normalized spacial score (nSPS) is 20.0. The van der Waals surface area contributed by atoms with Gasteiger partial charge in [-0.2, -0.15) is 0 Å². The number of carbonyl (C=O) groups is 1. The van der Waals surface area contributed by atoms with Crippen LogP contribution in [0.3, 0.4) is 0 Å². The van der Waals surface area contributed by atoms with Gasteiger partial charge in [0.15, 0.2) is 0 Å². The number of benzene rings is 3. The van der Waals surface area contributed by atoms with E-state index in [9.17, 15) is 4.79 Å². The van der Waals surface area contributed by atoms with E-state index in [0.29, 0.717) is 16.1 Å². The van der Waals surface area contributed by atoms with Gasteiger partial charge in [-0.1, -0.05) is 66.2 Å². The van der Waals surface area contributed by atoms with Crippen LogP contribution >= 0.6 is 11.6 Å².